The molecule has 2 rings (SSSR count). The van der Waals surface area contributed by atoms with E-state index in [-0.39, 0.29) is 19.2 Å². The summed E-state index contributed by atoms with van der Waals surface area (Å²) in [5.41, 5.74) is -1.09. The van der Waals surface area contributed by atoms with E-state index in [4.69, 9.17) is 14.2 Å². The fourth-order valence-electron chi connectivity index (χ4n) is 1.91. The molecule has 1 aliphatic rings. The summed E-state index contributed by atoms with van der Waals surface area (Å²) in [7, 11) is 3.64. The average molecular weight is 352 g/mol. The highest BCUT2D eigenvalue weighted by Gasteiger charge is 2.31. The summed E-state index contributed by atoms with van der Waals surface area (Å²) in [4.78, 5) is 33.6. The van der Waals surface area contributed by atoms with Crippen LogP contribution in [-0.4, -0.2) is 60.4 Å². The zero-order chi connectivity index (χ0) is 18.6. The van der Waals surface area contributed by atoms with Crippen LogP contribution in [0.1, 0.15) is 27.0 Å². The van der Waals surface area contributed by atoms with Crippen LogP contribution in [0.25, 0.3) is 0 Å². The van der Waals surface area contributed by atoms with Gasteiger partial charge >= 0.3 is 11.7 Å². The molecular weight excluding hydrogens is 328 g/mol. The first kappa shape index (κ1) is 19.1. The van der Waals surface area contributed by atoms with Crippen LogP contribution >= 0.6 is 0 Å². The Bertz CT molecular complexity index is 693. The van der Waals surface area contributed by atoms with E-state index in [1.54, 1.807) is 44.3 Å². The minimum absolute atomic E-state index is 0.0278. The van der Waals surface area contributed by atoms with E-state index in [2.05, 4.69) is 9.98 Å². The van der Waals surface area contributed by atoms with E-state index >= 15 is 0 Å². The van der Waals surface area contributed by atoms with Crippen LogP contribution in [0.2, 0.25) is 0 Å². The van der Waals surface area contributed by atoms with Gasteiger partial charge in [0.05, 0.1) is 18.4 Å². The van der Waals surface area contributed by atoms with Crippen LogP contribution in [0.15, 0.2) is 22.1 Å². The molecule has 0 bridgehead atoms. The molecule has 1 aliphatic heterocycles. The van der Waals surface area contributed by atoms with Crippen LogP contribution < -0.4 is 5.69 Å². The normalized spacial score (nSPS) is 20.8. The Hall–Kier alpha value is -2.26. The second-order valence-corrected chi connectivity index (χ2v) is 6.89. The Kier molecular flexibility index (Phi) is 5.91. The van der Waals surface area contributed by atoms with Crippen molar-refractivity contribution in [3.63, 3.8) is 0 Å². The maximum absolute atomic E-state index is 12.1. The topological polar surface area (TPSA) is 95.3 Å². The summed E-state index contributed by atoms with van der Waals surface area (Å²) in [6.07, 6.45) is 1.77. The number of carbonyl (C=O) groups excluding carboxylic acids is 1. The van der Waals surface area contributed by atoms with Gasteiger partial charge in [-0.1, -0.05) is 0 Å². The second-order valence-electron chi connectivity index (χ2n) is 6.89. The SMILES string of the molecule is CN(C)C=Nc1ccn(C2COC(COC(=O)C(C)(C)C)O2)c(=O)n1. The number of esters is 1. The van der Waals surface area contributed by atoms with Crippen LogP contribution in [0.4, 0.5) is 5.82 Å². The molecule has 0 radical (unpaired) electrons. The third-order valence-corrected chi connectivity index (χ3v) is 3.24. The highest BCUT2D eigenvalue weighted by atomic mass is 16.7. The van der Waals surface area contributed by atoms with Crippen molar-refractivity contribution in [2.75, 3.05) is 27.3 Å². The summed E-state index contributed by atoms with van der Waals surface area (Å²) in [6.45, 7) is 5.43. The van der Waals surface area contributed by atoms with Crippen molar-refractivity contribution in [2.45, 2.75) is 33.3 Å². The molecule has 2 atom stereocenters. The van der Waals surface area contributed by atoms with Crippen molar-refractivity contribution in [3.8, 4) is 0 Å². The second kappa shape index (κ2) is 7.75. The Morgan fingerprint density at radius 1 is 1.52 bits per heavy atom. The van der Waals surface area contributed by atoms with Gasteiger partial charge in [0.25, 0.3) is 0 Å². The third-order valence-electron chi connectivity index (χ3n) is 3.24. The Morgan fingerprint density at radius 3 is 2.84 bits per heavy atom. The van der Waals surface area contributed by atoms with E-state index in [1.165, 1.54) is 4.57 Å². The number of hydrogen-bond donors (Lipinski definition) is 0. The summed E-state index contributed by atoms with van der Waals surface area (Å²) in [5.74, 6) is -0.0328. The van der Waals surface area contributed by atoms with Gasteiger partial charge in [-0.2, -0.15) is 4.98 Å². The number of aliphatic imine (C=N–C) groups is 1. The number of aromatic nitrogens is 2. The van der Waals surface area contributed by atoms with Gasteiger partial charge in [-0.05, 0) is 26.8 Å². The quantitative estimate of drug-likeness (QED) is 0.442. The fourth-order valence-corrected chi connectivity index (χ4v) is 1.91. The molecule has 1 aromatic heterocycles. The first-order valence-electron chi connectivity index (χ1n) is 7.91. The van der Waals surface area contributed by atoms with Gasteiger partial charge in [0, 0.05) is 20.3 Å². The smallest absolute Gasteiger partial charge is 0.351 e. The van der Waals surface area contributed by atoms with Crippen molar-refractivity contribution in [3.05, 3.63) is 22.7 Å². The zero-order valence-corrected chi connectivity index (χ0v) is 15.1. The van der Waals surface area contributed by atoms with Gasteiger partial charge in [0.2, 0.25) is 0 Å². The summed E-state index contributed by atoms with van der Waals surface area (Å²) in [5, 5.41) is 0. The lowest BCUT2D eigenvalue weighted by atomic mass is 9.97. The van der Waals surface area contributed by atoms with Gasteiger partial charge in [0.15, 0.2) is 18.3 Å². The Labute approximate surface area is 146 Å². The van der Waals surface area contributed by atoms with Crippen molar-refractivity contribution in [2.24, 2.45) is 10.4 Å². The molecule has 2 unspecified atom stereocenters. The summed E-state index contributed by atoms with van der Waals surface area (Å²) >= 11 is 0. The molecule has 1 aromatic rings. The molecule has 9 heteroatoms. The lowest BCUT2D eigenvalue weighted by Gasteiger charge is -2.18. The molecule has 0 aromatic carbocycles. The monoisotopic (exact) mass is 352 g/mol. The minimum atomic E-state index is -0.713. The molecule has 0 N–H and O–H groups in total. The maximum Gasteiger partial charge on any atom is 0.351 e. The Morgan fingerprint density at radius 2 is 2.24 bits per heavy atom. The first-order chi connectivity index (χ1) is 11.7. The molecule has 0 spiro atoms. The van der Waals surface area contributed by atoms with Gasteiger partial charge in [-0.15, -0.1) is 0 Å². The van der Waals surface area contributed by atoms with Gasteiger partial charge in [0.1, 0.15) is 6.61 Å². The fraction of sp³-hybridized carbons (Fsp3) is 0.625. The number of rotatable bonds is 5. The molecule has 0 aliphatic carbocycles. The maximum atomic E-state index is 12.1. The van der Waals surface area contributed by atoms with Gasteiger partial charge in [-0.3, -0.25) is 9.36 Å². The standard InChI is InChI=1S/C16H24N4O5/c1-16(2,3)14(21)24-9-13-23-8-12(25-13)20-7-6-11(18-15(20)22)17-10-19(4)5/h6-7,10,12-13H,8-9H2,1-5H3. The van der Waals surface area contributed by atoms with Crippen molar-refractivity contribution in [1.82, 2.24) is 14.5 Å². The molecule has 0 saturated carbocycles. The van der Waals surface area contributed by atoms with E-state index in [9.17, 15) is 9.59 Å². The first-order valence-corrected chi connectivity index (χ1v) is 7.91. The number of carbonyl (C=O) groups is 1. The van der Waals surface area contributed by atoms with E-state index in [0.717, 1.165) is 0 Å². The highest BCUT2D eigenvalue weighted by molar-refractivity contribution is 5.75. The van der Waals surface area contributed by atoms with Gasteiger partial charge < -0.3 is 19.1 Å². The van der Waals surface area contributed by atoms with Crippen molar-refractivity contribution < 1.29 is 19.0 Å². The molecule has 2 heterocycles. The van der Waals surface area contributed by atoms with Crippen LogP contribution in [0, 0.1) is 5.41 Å². The predicted molar refractivity (Wildman–Crippen MR) is 90.6 cm³/mol. The predicted octanol–water partition coefficient (Wildman–Crippen LogP) is 0.925. The van der Waals surface area contributed by atoms with Gasteiger partial charge in [-0.25, -0.2) is 9.79 Å². The van der Waals surface area contributed by atoms with Crippen LogP contribution in [0.5, 0.6) is 0 Å². The average Bonchev–Trinajstić information content (AvgIpc) is 2.98. The molecule has 25 heavy (non-hydrogen) atoms. The summed E-state index contributed by atoms with van der Waals surface area (Å²) in [6, 6.07) is 1.61. The number of hydrogen-bond acceptors (Lipinski definition) is 7. The van der Waals surface area contributed by atoms with E-state index in [0.29, 0.717) is 5.82 Å². The van der Waals surface area contributed by atoms with Crippen LogP contribution in [-0.2, 0) is 19.0 Å². The van der Waals surface area contributed by atoms with E-state index in [1.807, 2.05) is 14.1 Å². The third kappa shape index (κ3) is 5.36. The molecule has 1 saturated heterocycles. The Balaban J connectivity index is 1.95. The van der Waals surface area contributed by atoms with Crippen molar-refractivity contribution >= 4 is 18.1 Å². The lowest BCUT2D eigenvalue weighted by Crippen LogP contribution is -2.29. The minimum Gasteiger partial charge on any atom is -0.460 e. The summed E-state index contributed by atoms with van der Waals surface area (Å²) < 4.78 is 17.5. The number of ether oxygens (including phenoxy) is 3. The van der Waals surface area contributed by atoms with Crippen molar-refractivity contribution in [1.29, 1.82) is 0 Å². The van der Waals surface area contributed by atoms with Crippen LogP contribution in [0.3, 0.4) is 0 Å². The molecular formula is C16H24N4O5. The molecule has 1 fully saturated rings. The lowest BCUT2D eigenvalue weighted by molar-refractivity contribution is -0.167. The zero-order valence-electron chi connectivity index (χ0n) is 15.1. The number of nitrogens with zero attached hydrogens (tertiary/aromatic N) is 4. The highest BCUT2D eigenvalue weighted by Crippen LogP contribution is 2.21. The largest absolute Gasteiger partial charge is 0.460 e. The van der Waals surface area contributed by atoms with E-state index < -0.39 is 23.6 Å². The molecule has 138 valence electrons. The molecule has 9 nitrogen and oxygen atoms in total. The molecule has 0 amide bonds.